The second kappa shape index (κ2) is 8.97. The molecular formula is C39H30N2. The van der Waals surface area contributed by atoms with Crippen LogP contribution in [-0.4, -0.2) is 4.57 Å². The summed E-state index contributed by atoms with van der Waals surface area (Å²) in [4.78, 5) is 0. The van der Waals surface area contributed by atoms with Gasteiger partial charge in [0.05, 0.1) is 11.0 Å². The van der Waals surface area contributed by atoms with Crippen LogP contribution >= 0.6 is 0 Å². The molecule has 2 nitrogen and oxygen atoms in total. The van der Waals surface area contributed by atoms with Crippen molar-refractivity contribution >= 4 is 33.2 Å². The number of benzene rings is 6. The molecule has 1 heterocycles. The van der Waals surface area contributed by atoms with E-state index in [1.807, 2.05) is 0 Å². The number of nitrogens with one attached hydrogen (secondary N) is 1. The van der Waals surface area contributed by atoms with E-state index in [1.165, 1.54) is 60.9 Å². The van der Waals surface area contributed by atoms with Crippen molar-refractivity contribution in [1.29, 1.82) is 0 Å². The van der Waals surface area contributed by atoms with Crippen LogP contribution in [0.5, 0.6) is 0 Å². The molecule has 0 amide bonds. The monoisotopic (exact) mass is 526 g/mol. The highest BCUT2D eigenvalue weighted by Gasteiger charge is 2.38. The molecule has 0 spiro atoms. The maximum absolute atomic E-state index is 3.84. The zero-order valence-corrected chi connectivity index (χ0v) is 23.2. The molecule has 1 N–H and O–H groups in total. The van der Waals surface area contributed by atoms with Gasteiger partial charge in [0.15, 0.2) is 0 Å². The predicted molar refractivity (Wildman–Crippen MR) is 174 cm³/mol. The molecule has 6 aromatic carbocycles. The lowest BCUT2D eigenvalue weighted by Gasteiger charge is -2.24. The van der Waals surface area contributed by atoms with Gasteiger partial charge in [-0.25, -0.2) is 0 Å². The Balaban J connectivity index is 1.28. The van der Waals surface area contributed by atoms with E-state index >= 15 is 0 Å². The Bertz CT molecular complexity index is 2080. The topological polar surface area (TPSA) is 17.0 Å². The standard InChI is InChI=1S/C39H30N2/c1-39(2)33-20-12-21-34(37(33)31-19-11-18-29(38(31)39)26-13-5-3-6-14-26)40-27-23-24-36-32(25-27)30-17-9-10-22-35(30)41(36)28-15-7-4-8-16-28/h3-25,40H,1-2H3. The quantitative estimate of drug-likeness (QED) is 0.241. The maximum Gasteiger partial charge on any atom is 0.0542 e. The molecule has 8 rings (SSSR count). The normalized spacial score (nSPS) is 13.3. The Morgan fingerprint density at radius 2 is 1.24 bits per heavy atom. The first-order valence-corrected chi connectivity index (χ1v) is 14.3. The fourth-order valence-electron chi connectivity index (χ4n) is 6.96. The lowest BCUT2D eigenvalue weighted by atomic mass is 9.79. The molecular weight excluding hydrogens is 496 g/mol. The third-order valence-corrected chi connectivity index (χ3v) is 8.75. The Kier molecular flexibility index (Phi) is 5.20. The molecule has 0 atom stereocenters. The molecule has 0 aliphatic heterocycles. The summed E-state index contributed by atoms with van der Waals surface area (Å²) >= 11 is 0. The van der Waals surface area contributed by atoms with Gasteiger partial charge in [0.1, 0.15) is 0 Å². The number of para-hydroxylation sites is 2. The highest BCUT2D eigenvalue weighted by Crippen LogP contribution is 2.54. The Morgan fingerprint density at radius 1 is 0.561 bits per heavy atom. The van der Waals surface area contributed by atoms with Crippen LogP contribution in [-0.2, 0) is 5.41 Å². The number of fused-ring (bicyclic) bond motifs is 6. The summed E-state index contributed by atoms with van der Waals surface area (Å²) in [6.45, 7) is 4.72. The van der Waals surface area contributed by atoms with Gasteiger partial charge in [0.25, 0.3) is 0 Å². The molecule has 0 unspecified atom stereocenters. The van der Waals surface area contributed by atoms with Gasteiger partial charge < -0.3 is 9.88 Å². The zero-order valence-electron chi connectivity index (χ0n) is 23.2. The van der Waals surface area contributed by atoms with Gasteiger partial charge in [-0.05, 0) is 70.3 Å². The van der Waals surface area contributed by atoms with Crippen LogP contribution in [0.1, 0.15) is 25.0 Å². The average molecular weight is 527 g/mol. The van der Waals surface area contributed by atoms with E-state index in [-0.39, 0.29) is 5.41 Å². The summed E-state index contributed by atoms with van der Waals surface area (Å²) in [5.41, 5.74) is 13.7. The third kappa shape index (κ3) is 3.57. The molecule has 0 bridgehead atoms. The van der Waals surface area contributed by atoms with E-state index in [1.54, 1.807) is 0 Å². The van der Waals surface area contributed by atoms with Gasteiger partial charge >= 0.3 is 0 Å². The number of hydrogen-bond donors (Lipinski definition) is 1. The van der Waals surface area contributed by atoms with Crippen molar-refractivity contribution in [3.05, 3.63) is 151 Å². The first-order chi connectivity index (χ1) is 20.1. The molecule has 1 aliphatic rings. The van der Waals surface area contributed by atoms with Crippen LogP contribution in [0.25, 0.3) is 49.7 Å². The second-order valence-electron chi connectivity index (χ2n) is 11.5. The van der Waals surface area contributed by atoms with E-state index < -0.39 is 0 Å². The highest BCUT2D eigenvalue weighted by molar-refractivity contribution is 6.10. The minimum absolute atomic E-state index is 0.109. The number of nitrogens with zero attached hydrogens (tertiary/aromatic N) is 1. The molecule has 0 saturated heterocycles. The SMILES string of the molecule is CC1(C)c2cccc(Nc3ccc4c(c3)c3ccccc3n4-c3ccccc3)c2-c2cccc(-c3ccccc3)c21. The van der Waals surface area contributed by atoms with Gasteiger partial charge in [0, 0.05) is 38.8 Å². The van der Waals surface area contributed by atoms with Crippen molar-refractivity contribution < 1.29 is 0 Å². The van der Waals surface area contributed by atoms with Crippen molar-refractivity contribution in [2.24, 2.45) is 0 Å². The fourth-order valence-corrected chi connectivity index (χ4v) is 6.96. The molecule has 1 aliphatic carbocycles. The first kappa shape index (κ1) is 23.8. The molecule has 0 saturated carbocycles. The van der Waals surface area contributed by atoms with Crippen LogP contribution in [0.15, 0.2) is 140 Å². The van der Waals surface area contributed by atoms with E-state index in [9.17, 15) is 0 Å². The predicted octanol–water partition coefficient (Wildman–Crippen LogP) is 10.5. The number of aromatic nitrogens is 1. The van der Waals surface area contributed by atoms with Crippen molar-refractivity contribution in [2.75, 3.05) is 5.32 Å². The Labute approximate surface area is 240 Å². The number of rotatable bonds is 4. The van der Waals surface area contributed by atoms with Gasteiger partial charge in [-0.2, -0.15) is 0 Å². The van der Waals surface area contributed by atoms with Gasteiger partial charge in [-0.3, -0.25) is 0 Å². The summed E-state index contributed by atoms with van der Waals surface area (Å²) < 4.78 is 2.36. The zero-order chi connectivity index (χ0) is 27.6. The van der Waals surface area contributed by atoms with Crippen molar-refractivity contribution in [3.63, 3.8) is 0 Å². The summed E-state index contributed by atoms with van der Waals surface area (Å²) in [5.74, 6) is 0. The molecule has 1 aromatic heterocycles. The van der Waals surface area contributed by atoms with E-state index in [2.05, 4.69) is 163 Å². The second-order valence-corrected chi connectivity index (χ2v) is 11.5. The molecule has 41 heavy (non-hydrogen) atoms. The van der Waals surface area contributed by atoms with Crippen LogP contribution in [0.4, 0.5) is 11.4 Å². The van der Waals surface area contributed by atoms with E-state index in [0.717, 1.165) is 11.4 Å². The smallest absolute Gasteiger partial charge is 0.0542 e. The lowest BCUT2D eigenvalue weighted by molar-refractivity contribution is 0.662. The van der Waals surface area contributed by atoms with Crippen molar-refractivity contribution in [2.45, 2.75) is 19.3 Å². The average Bonchev–Trinajstić information content (AvgIpc) is 3.47. The summed E-state index contributed by atoms with van der Waals surface area (Å²) in [7, 11) is 0. The first-order valence-electron chi connectivity index (χ1n) is 14.3. The summed E-state index contributed by atoms with van der Waals surface area (Å²) in [5, 5.41) is 6.34. The van der Waals surface area contributed by atoms with Gasteiger partial charge in [-0.1, -0.05) is 111 Å². The highest BCUT2D eigenvalue weighted by atomic mass is 15.0. The van der Waals surface area contributed by atoms with Crippen molar-refractivity contribution in [3.8, 4) is 27.9 Å². The number of hydrogen-bond acceptors (Lipinski definition) is 1. The van der Waals surface area contributed by atoms with Crippen LogP contribution in [0.3, 0.4) is 0 Å². The number of anilines is 2. The third-order valence-electron chi connectivity index (χ3n) is 8.75. The molecule has 0 fully saturated rings. The van der Waals surface area contributed by atoms with Crippen LogP contribution in [0.2, 0.25) is 0 Å². The van der Waals surface area contributed by atoms with Crippen LogP contribution < -0.4 is 5.32 Å². The lowest BCUT2D eigenvalue weighted by Crippen LogP contribution is -2.16. The fraction of sp³-hybridized carbons (Fsp3) is 0.0769. The van der Waals surface area contributed by atoms with Gasteiger partial charge in [-0.15, -0.1) is 0 Å². The molecule has 196 valence electrons. The molecule has 7 aromatic rings. The largest absolute Gasteiger partial charge is 0.355 e. The minimum atomic E-state index is -0.109. The van der Waals surface area contributed by atoms with Crippen molar-refractivity contribution in [1.82, 2.24) is 4.57 Å². The van der Waals surface area contributed by atoms with E-state index in [0.29, 0.717) is 0 Å². The van der Waals surface area contributed by atoms with Crippen LogP contribution in [0, 0.1) is 0 Å². The molecule has 2 heteroatoms. The van der Waals surface area contributed by atoms with Gasteiger partial charge in [0.2, 0.25) is 0 Å². The minimum Gasteiger partial charge on any atom is -0.355 e. The molecule has 0 radical (unpaired) electrons. The maximum atomic E-state index is 3.84. The summed E-state index contributed by atoms with van der Waals surface area (Å²) in [6.07, 6.45) is 0. The Hall–Kier alpha value is -5.08. The summed E-state index contributed by atoms with van der Waals surface area (Å²) in [6, 6.07) is 50.3. The Morgan fingerprint density at radius 3 is 2.07 bits per heavy atom. The van der Waals surface area contributed by atoms with E-state index in [4.69, 9.17) is 0 Å².